The third kappa shape index (κ3) is 3.19. The second-order valence-electron chi connectivity index (χ2n) is 13.2. The van der Waals surface area contributed by atoms with Crippen LogP contribution >= 0.6 is 0 Å². The maximum atomic E-state index is 13.9. The number of ketones is 2. The van der Waals surface area contributed by atoms with E-state index in [1.54, 1.807) is 0 Å². The molecule has 38 heavy (non-hydrogen) atoms. The Labute approximate surface area is 227 Å². The van der Waals surface area contributed by atoms with Crippen molar-refractivity contribution >= 4 is 87.1 Å². The minimum Gasteiger partial charge on any atom is -0.449 e. The van der Waals surface area contributed by atoms with Crippen LogP contribution in [0.1, 0.15) is 31.8 Å². The molecule has 0 bridgehead atoms. The van der Waals surface area contributed by atoms with Gasteiger partial charge in [0.05, 0.1) is 0 Å². The second-order valence-corrected chi connectivity index (χ2v) is 29.1. The molecule has 0 spiro atoms. The molecule has 0 saturated heterocycles. The van der Waals surface area contributed by atoms with Crippen LogP contribution in [0, 0.1) is 0 Å². The van der Waals surface area contributed by atoms with Gasteiger partial charge >= 0.3 is 0 Å². The Balaban J connectivity index is 1.43. The molecule has 0 N–H and O–H groups in total. The van der Waals surface area contributed by atoms with E-state index >= 15 is 0 Å². The van der Waals surface area contributed by atoms with Gasteiger partial charge in [-0.05, 0) is 119 Å². The van der Waals surface area contributed by atoms with Gasteiger partial charge in [-0.3, -0.25) is 9.59 Å². The van der Waals surface area contributed by atoms with Crippen LogP contribution in [0.5, 0.6) is 0 Å². The van der Waals surface area contributed by atoms with Crippen LogP contribution in [-0.2, 0) is 8.23 Å². The van der Waals surface area contributed by atoms with Gasteiger partial charge in [0.1, 0.15) is 0 Å². The average Bonchev–Trinajstić information content (AvgIpc) is 3.12. The fourth-order valence-electron chi connectivity index (χ4n) is 7.23. The molecule has 0 fully saturated rings. The first-order chi connectivity index (χ1) is 17.6. The standard InChI is InChI=1S/C30H32O4Si4/c1-35(2)25-13-17-9-21-22(10-18(17)14-26(25)36(3,4)33-35)30(32)24-12-20-16-28-27(37(5,6)34-38(28,7)8)15-19(20)11-23(24)29(21)31/h9-16H,1-8H3. The zero-order chi connectivity index (χ0) is 27.2. The van der Waals surface area contributed by atoms with E-state index in [-0.39, 0.29) is 11.6 Å². The van der Waals surface area contributed by atoms with Crippen molar-refractivity contribution in [1.82, 2.24) is 0 Å². The summed E-state index contributed by atoms with van der Waals surface area (Å²) in [5.41, 5.74) is 2.04. The lowest BCUT2D eigenvalue weighted by Gasteiger charge is -2.22. The largest absolute Gasteiger partial charge is 0.449 e. The molecular formula is C30H32O4Si4. The van der Waals surface area contributed by atoms with Gasteiger partial charge in [-0.15, -0.1) is 0 Å². The van der Waals surface area contributed by atoms with Gasteiger partial charge in [0.2, 0.25) is 33.3 Å². The molecule has 0 unspecified atom stereocenters. The highest BCUT2D eigenvalue weighted by atomic mass is 28.4. The molecule has 0 amide bonds. The number of carbonyl (C=O) groups excluding carboxylic acids is 2. The number of fused-ring (bicyclic) bond motifs is 6. The highest BCUT2D eigenvalue weighted by Crippen LogP contribution is 2.35. The predicted octanol–water partition coefficient (Wildman–Crippen LogP) is 4.48. The summed E-state index contributed by atoms with van der Waals surface area (Å²) >= 11 is 0. The summed E-state index contributed by atoms with van der Waals surface area (Å²) in [6, 6.07) is 16.7. The van der Waals surface area contributed by atoms with E-state index in [1.165, 1.54) is 20.7 Å². The first-order valence-corrected chi connectivity index (χ1v) is 25.0. The first kappa shape index (κ1) is 24.6. The van der Waals surface area contributed by atoms with E-state index < -0.39 is 33.3 Å². The SMILES string of the molecule is C[Si]1(C)O[Si](C)(C)c2cc3cc4c(cc3cc21)C(=O)c1cc2cc3c(cc2cc1C4=O)[Si](C)(C)O[Si]3(C)C. The van der Waals surface area contributed by atoms with Crippen molar-refractivity contribution in [2.45, 2.75) is 52.4 Å². The Bertz CT molecular complexity index is 1560. The Morgan fingerprint density at radius 3 is 0.816 bits per heavy atom. The molecule has 8 heteroatoms. The fraction of sp³-hybridized carbons (Fsp3) is 0.267. The summed E-state index contributed by atoms with van der Waals surface area (Å²) in [4.78, 5) is 27.8. The predicted molar refractivity (Wildman–Crippen MR) is 165 cm³/mol. The lowest BCUT2D eigenvalue weighted by Crippen LogP contribution is -2.44. The molecule has 4 nitrogen and oxygen atoms in total. The van der Waals surface area contributed by atoms with Crippen molar-refractivity contribution < 1.29 is 17.8 Å². The highest BCUT2D eigenvalue weighted by Gasteiger charge is 2.47. The summed E-state index contributed by atoms with van der Waals surface area (Å²) in [6.07, 6.45) is 0. The Kier molecular flexibility index (Phi) is 4.64. The van der Waals surface area contributed by atoms with E-state index in [0.717, 1.165) is 21.5 Å². The number of carbonyl (C=O) groups is 2. The maximum Gasteiger partial charge on any atom is 0.206 e. The van der Waals surface area contributed by atoms with Crippen LogP contribution < -0.4 is 20.7 Å². The van der Waals surface area contributed by atoms with Gasteiger partial charge < -0.3 is 8.23 Å². The van der Waals surface area contributed by atoms with E-state index in [4.69, 9.17) is 8.23 Å². The van der Waals surface area contributed by atoms with Crippen LogP contribution in [0.3, 0.4) is 0 Å². The molecule has 1 aliphatic carbocycles. The molecule has 0 radical (unpaired) electrons. The van der Waals surface area contributed by atoms with E-state index in [0.29, 0.717) is 22.3 Å². The van der Waals surface area contributed by atoms with Crippen LogP contribution in [0.4, 0.5) is 0 Å². The highest BCUT2D eigenvalue weighted by molar-refractivity contribution is 7.06. The number of rotatable bonds is 0. The maximum absolute atomic E-state index is 13.9. The van der Waals surface area contributed by atoms with Crippen molar-refractivity contribution in [3.63, 3.8) is 0 Å². The molecule has 192 valence electrons. The first-order valence-electron chi connectivity index (χ1n) is 13.3. The van der Waals surface area contributed by atoms with E-state index in [9.17, 15) is 9.59 Å². The molecule has 7 rings (SSSR count). The fourth-order valence-corrected chi connectivity index (χ4v) is 27.7. The molecule has 2 heterocycles. The molecule has 3 aliphatic rings. The molecular weight excluding hydrogens is 537 g/mol. The van der Waals surface area contributed by atoms with Gasteiger partial charge in [0.15, 0.2) is 11.6 Å². The number of benzene rings is 4. The van der Waals surface area contributed by atoms with Crippen molar-refractivity contribution in [3.05, 3.63) is 70.8 Å². The van der Waals surface area contributed by atoms with Gasteiger partial charge in [-0.25, -0.2) is 0 Å². The van der Waals surface area contributed by atoms with Gasteiger partial charge in [0, 0.05) is 22.3 Å². The van der Waals surface area contributed by atoms with E-state index in [2.05, 4.69) is 76.6 Å². The zero-order valence-electron chi connectivity index (χ0n) is 23.3. The van der Waals surface area contributed by atoms with Gasteiger partial charge in [-0.2, -0.15) is 0 Å². The normalized spacial score (nSPS) is 21.4. The van der Waals surface area contributed by atoms with Crippen LogP contribution in [0.15, 0.2) is 48.5 Å². The summed E-state index contributed by atoms with van der Waals surface area (Å²) in [6.45, 7) is 18.0. The van der Waals surface area contributed by atoms with Crippen molar-refractivity contribution in [3.8, 4) is 0 Å². The minimum absolute atomic E-state index is 0.0654. The third-order valence-corrected chi connectivity index (χ3v) is 24.3. The molecule has 0 saturated carbocycles. The molecule has 0 aromatic heterocycles. The molecule has 0 atom stereocenters. The summed E-state index contributed by atoms with van der Waals surface area (Å²) in [5.74, 6) is -0.131. The second kappa shape index (κ2) is 7.18. The lowest BCUT2D eigenvalue weighted by molar-refractivity contribution is 0.0979. The monoisotopic (exact) mass is 568 g/mol. The lowest BCUT2D eigenvalue weighted by atomic mass is 9.81. The van der Waals surface area contributed by atoms with E-state index in [1.807, 2.05) is 24.3 Å². The topological polar surface area (TPSA) is 52.6 Å². The van der Waals surface area contributed by atoms with Crippen molar-refractivity contribution in [2.24, 2.45) is 0 Å². The van der Waals surface area contributed by atoms with Gasteiger partial charge in [-0.1, -0.05) is 24.3 Å². The number of hydrogen-bond donors (Lipinski definition) is 0. The summed E-state index contributed by atoms with van der Waals surface area (Å²) < 4.78 is 13.3. The molecule has 4 aromatic carbocycles. The quantitative estimate of drug-likeness (QED) is 0.259. The average molecular weight is 569 g/mol. The minimum atomic E-state index is -1.99. The summed E-state index contributed by atoms with van der Waals surface area (Å²) in [7, 11) is -7.97. The zero-order valence-corrected chi connectivity index (χ0v) is 27.3. The van der Waals surface area contributed by atoms with Crippen LogP contribution in [0.25, 0.3) is 21.5 Å². The molecule has 2 aliphatic heterocycles. The van der Waals surface area contributed by atoms with Crippen LogP contribution in [-0.4, -0.2) is 44.8 Å². The van der Waals surface area contributed by atoms with Crippen molar-refractivity contribution in [1.29, 1.82) is 0 Å². The van der Waals surface area contributed by atoms with Crippen molar-refractivity contribution in [2.75, 3.05) is 0 Å². The smallest absolute Gasteiger partial charge is 0.206 e. The Morgan fingerprint density at radius 2 is 0.605 bits per heavy atom. The van der Waals surface area contributed by atoms with Crippen LogP contribution in [0.2, 0.25) is 52.4 Å². The van der Waals surface area contributed by atoms with Gasteiger partial charge in [0.25, 0.3) is 0 Å². The Hall–Kier alpha value is -2.47. The molecule has 4 aromatic rings. The number of hydrogen-bond acceptors (Lipinski definition) is 4. The summed E-state index contributed by atoms with van der Waals surface area (Å²) in [5, 5.41) is 9.37. The Morgan fingerprint density at radius 1 is 0.395 bits per heavy atom. The third-order valence-electron chi connectivity index (χ3n) is 8.82.